The van der Waals surface area contributed by atoms with E-state index < -0.39 is 0 Å². The number of carbonyl (C=O) groups is 1. The lowest BCUT2D eigenvalue weighted by molar-refractivity contribution is 0.0695. The number of piperidine rings is 1. The first-order valence-electron chi connectivity index (χ1n) is 9.82. The highest BCUT2D eigenvalue weighted by Gasteiger charge is 2.23. The van der Waals surface area contributed by atoms with E-state index in [4.69, 9.17) is 0 Å². The molecular weight excluding hydrogens is 350 g/mol. The molecule has 1 amide bonds. The Morgan fingerprint density at radius 2 is 1.79 bits per heavy atom. The van der Waals surface area contributed by atoms with Gasteiger partial charge in [-0.3, -0.25) is 4.79 Å². The molecule has 5 nitrogen and oxygen atoms in total. The molecule has 2 N–H and O–H groups in total. The maximum atomic E-state index is 12.6. The number of amides is 1. The smallest absolute Gasteiger partial charge is 0.253 e. The Hall–Kier alpha value is -2.92. The molecule has 28 heavy (non-hydrogen) atoms. The minimum Gasteiger partial charge on any atom is -0.392 e. The second kappa shape index (κ2) is 8.40. The monoisotopic (exact) mass is 375 g/mol. The molecular formula is C23H25N3O2. The van der Waals surface area contributed by atoms with Gasteiger partial charge < -0.3 is 15.3 Å². The molecule has 1 aliphatic heterocycles. The Balaban J connectivity index is 1.35. The van der Waals surface area contributed by atoms with Gasteiger partial charge in [0.25, 0.3) is 5.91 Å². The second-order valence-corrected chi connectivity index (χ2v) is 7.33. The summed E-state index contributed by atoms with van der Waals surface area (Å²) in [6, 6.07) is 19.4. The molecule has 0 unspecified atom stereocenters. The molecule has 2 aromatic carbocycles. The van der Waals surface area contributed by atoms with Crippen molar-refractivity contribution >= 4 is 22.6 Å². The summed E-state index contributed by atoms with van der Waals surface area (Å²) in [6.07, 6.45) is 1.93. The van der Waals surface area contributed by atoms with Crippen LogP contribution < -0.4 is 5.32 Å². The lowest BCUT2D eigenvalue weighted by atomic mass is 9.96. The van der Waals surface area contributed by atoms with Gasteiger partial charge in [0.2, 0.25) is 0 Å². The molecule has 5 heteroatoms. The van der Waals surface area contributed by atoms with Crippen LogP contribution in [0.4, 0.5) is 5.82 Å². The van der Waals surface area contributed by atoms with Crippen LogP contribution in [0.3, 0.4) is 0 Å². The Morgan fingerprint density at radius 3 is 2.54 bits per heavy atom. The van der Waals surface area contributed by atoms with E-state index in [0.717, 1.165) is 60.3 Å². The number of anilines is 1. The van der Waals surface area contributed by atoms with Crippen molar-refractivity contribution in [3.63, 3.8) is 0 Å². The Morgan fingerprint density at radius 1 is 1.07 bits per heavy atom. The molecule has 0 atom stereocenters. The van der Waals surface area contributed by atoms with E-state index >= 15 is 0 Å². The lowest BCUT2D eigenvalue weighted by Gasteiger charge is -2.32. The van der Waals surface area contributed by atoms with Crippen LogP contribution in [0.25, 0.3) is 10.9 Å². The molecule has 1 aliphatic rings. The third-order valence-corrected chi connectivity index (χ3v) is 5.45. The third-order valence-electron chi connectivity index (χ3n) is 5.45. The zero-order chi connectivity index (χ0) is 19.3. The number of hydrogen-bond donors (Lipinski definition) is 2. The molecule has 0 bridgehead atoms. The van der Waals surface area contributed by atoms with Gasteiger partial charge in [-0.1, -0.05) is 36.4 Å². The molecule has 144 valence electrons. The molecule has 0 radical (unpaired) electrons. The summed E-state index contributed by atoms with van der Waals surface area (Å²) in [4.78, 5) is 19.2. The first kappa shape index (κ1) is 18.4. The van der Waals surface area contributed by atoms with E-state index in [1.54, 1.807) is 0 Å². The van der Waals surface area contributed by atoms with Crippen LogP contribution in [-0.2, 0) is 6.61 Å². The van der Waals surface area contributed by atoms with Crippen molar-refractivity contribution in [2.24, 2.45) is 5.92 Å². The Kier molecular flexibility index (Phi) is 5.53. The van der Waals surface area contributed by atoms with Crippen molar-refractivity contribution in [3.8, 4) is 0 Å². The zero-order valence-corrected chi connectivity index (χ0v) is 15.8. The minimum absolute atomic E-state index is 0.0375. The SMILES string of the molecule is O=C(c1ccccc1)N1CCC(CNc2nc3ccccc3cc2CO)CC1. The van der Waals surface area contributed by atoms with Gasteiger partial charge in [-0.15, -0.1) is 0 Å². The third kappa shape index (κ3) is 3.99. The zero-order valence-electron chi connectivity index (χ0n) is 15.8. The fraction of sp³-hybridized carbons (Fsp3) is 0.304. The molecule has 4 rings (SSSR count). The number of aliphatic hydroxyl groups excluding tert-OH is 1. The summed E-state index contributed by atoms with van der Waals surface area (Å²) in [6.45, 7) is 2.31. The van der Waals surface area contributed by atoms with Crippen LogP contribution in [0.2, 0.25) is 0 Å². The number of nitrogens with zero attached hydrogens (tertiary/aromatic N) is 2. The first-order chi connectivity index (χ1) is 13.7. The van der Waals surface area contributed by atoms with Gasteiger partial charge in [0, 0.05) is 36.1 Å². The van der Waals surface area contributed by atoms with E-state index in [1.165, 1.54) is 0 Å². The number of likely N-dealkylation sites (tertiary alicyclic amines) is 1. The first-order valence-corrected chi connectivity index (χ1v) is 9.82. The number of benzene rings is 2. The van der Waals surface area contributed by atoms with E-state index in [1.807, 2.05) is 65.6 Å². The Bertz CT molecular complexity index is 950. The van der Waals surface area contributed by atoms with Gasteiger partial charge in [0.1, 0.15) is 5.82 Å². The van der Waals surface area contributed by atoms with E-state index in [-0.39, 0.29) is 12.5 Å². The number of fused-ring (bicyclic) bond motifs is 1. The highest BCUT2D eigenvalue weighted by Crippen LogP contribution is 2.23. The summed E-state index contributed by atoms with van der Waals surface area (Å²) < 4.78 is 0. The summed E-state index contributed by atoms with van der Waals surface area (Å²) >= 11 is 0. The standard InChI is InChI=1S/C23H25N3O2/c27-16-20-14-19-8-4-5-9-21(19)25-22(20)24-15-17-10-12-26(13-11-17)23(28)18-6-2-1-3-7-18/h1-9,14,17,27H,10-13,15-16H2,(H,24,25). The average Bonchev–Trinajstić information content (AvgIpc) is 2.77. The fourth-order valence-electron chi connectivity index (χ4n) is 3.78. The maximum Gasteiger partial charge on any atom is 0.253 e. The van der Waals surface area contributed by atoms with Crippen LogP contribution in [0.1, 0.15) is 28.8 Å². The predicted molar refractivity (Wildman–Crippen MR) is 111 cm³/mol. The minimum atomic E-state index is -0.0375. The number of para-hydroxylation sites is 1. The van der Waals surface area contributed by atoms with Crippen LogP contribution in [0.15, 0.2) is 60.7 Å². The predicted octanol–water partition coefficient (Wildman–Crippen LogP) is 3.69. The molecule has 1 fully saturated rings. The topological polar surface area (TPSA) is 65.5 Å². The second-order valence-electron chi connectivity index (χ2n) is 7.33. The van der Waals surface area contributed by atoms with E-state index in [9.17, 15) is 9.90 Å². The van der Waals surface area contributed by atoms with Crippen molar-refractivity contribution in [2.45, 2.75) is 19.4 Å². The van der Waals surface area contributed by atoms with Crippen LogP contribution in [-0.4, -0.2) is 40.5 Å². The fourth-order valence-corrected chi connectivity index (χ4v) is 3.78. The quantitative estimate of drug-likeness (QED) is 0.714. The van der Waals surface area contributed by atoms with E-state index in [2.05, 4.69) is 10.3 Å². The van der Waals surface area contributed by atoms with Gasteiger partial charge in [-0.05, 0) is 43.0 Å². The van der Waals surface area contributed by atoms with E-state index in [0.29, 0.717) is 5.92 Å². The molecule has 1 aromatic heterocycles. The summed E-state index contributed by atoms with van der Waals surface area (Å²) in [5.74, 6) is 1.36. The largest absolute Gasteiger partial charge is 0.392 e. The molecule has 2 heterocycles. The van der Waals surface area contributed by atoms with Crippen LogP contribution >= 0.6 is 0 Å². The lowest BCUT2D eigenvalue weighted by Crippen LogP contribution is -2.39. The van der Waals surface area contributed by atoms with Crippen molar-refractivity contribution in [2.75, 3.05) is 25.0 Å². The van der Waals surface area contributed by atoms with Gasteiger partial charge in [-0.25, -0.2) is 4.98 Å². The highest BCUT2D eigenvalue weighted by atomic mass is 16.3. The number of nitrogens with one attached hydrogen (secondary N) is 1. The molecule has 3 aromatic rings. The van der Waals surface area contributed by atoms with Gasteiger partial charge in [0.15, 0.2) is 0 Å². The van der Waals surface area contributed by atoms with Gasteiger partial charge in [-0.2, -0.15) is 0 Å². The number of carbonyl (C=O) groups excluding carboxylic acids is 1. The average molecular weight is 375 g/mol. The summed E-state index contributed by atoms with van der Waals surface area (Å²) in [7, 11) is 0. The van der Waals surface area contributed by atoms with Crippen molar-refractivity contribution in [3.05, 3.63) is 71.8 Å². The highest BCUT2D eigenvalue weighted by molar-refractivity contribution is 5.94. The number of hydrogen-bond acceptors (Lipinski definition) is 4. The van der Waals surface area contributed by atoms with Crippen molar-refractivity contribution < 1.29 is 9.90 Å². The molecule has 0 spiro atoms. The molecule has 0 saturated carbocycles. The van der Waals surface area contributed by atoms with Crippen LogP contribution in [0, 0.1) is 5.92 Å². The number of aromatic nitrogens is 1. The summed E-state index contributed by atoms with van der Waals surface area (Å²) in [5.41, 5.74) is 2.49. The van der Waals surface area contributed by atoms with Gasteiger partial charge in [0.05, 0.1) is 12.1 Å². The Labute approximate surface area is 165 Å². The maximum absolute atomic E-state index is 12.6. The van der Waals surface area contributed by atoms with Crippen molar-refractivity contribution in [1.82, 2.24) is 9.88 Å². The van der Waals surface area contributed by atoms with Gasteiger partial charge >= 0.3 is 0 Å². The molecule has 0 aliphatic carbocycles. The normalized spacial score (nSPS) is 15.0. The number of rotatable bonds is 5. The van der Waals surface area contributed by atoms with Crippen LogP contribution in [0.5, 0.6) is 0 Å². The summed E-state index contributed by atoms with van der Waals surface area (Å²) in [5, 5.41) is 14.2. The number of aliphatic hydroxyl groups is 1. The molecule has 1 saturated heterocycles. The van der Waals surface area contributed by atoms with Crippen molar-refractivity contribution in [1.29, 1.82) is 0 Å². The number of pyridine rings is 1.